The molecule has 28 heavy (non-hydrogen) atoms. The molecule has 0 saturated carbocycles. The van der Waals surface area contributed by atoms with Crippen LogP contribution in [-0.4, -0.2) is 15.9 Å². The van der Waals surface area contributed by atoms with Gasteiger partial charge in [-0.05, 0) is 42.5 Å². The molecular formula is C20H12ClN3O2S2. The lowest BCUT2D eigenvalue weighted by Gasteiger charge is -2.18. The van der Waals surface area contributed by atoms with Gasteiger partial charge in [0.15, 0.2) is 5.13 Å². The number of benzene rings is 2. The molecule has 0 spiro atoms. The monoisotopic (exact) mass is 425 g/mol. The van der Waals surface area contributed by atoms with Crippen molar-refractivity contribution in [3.63, 3.8) is 0 Å². The second kappa shape index (κ2) is 7.01. The predicted octanol–water partition coefficient (Wildman–Crippen LogP) is 6.00. The number of carbonyl (C=O) groups excluding carboxylic acids is 1. The fourth-order valence-electron chi connectivity index (χ4n) is 2.95. The number of amides is 1. The maximum absolute atomic E-state index is 13.4. The SMILES string of the molecule is O=C(c1ccc2ncsc2c1)N(Cc1ccco1)c1nc2c(Cl)cccc2s1. The average Bonchev–Trinajstić information content (AvgIpc) is 3.45. The summed E-state index contributed by atoms with van der Waals surface area (Å²) in [6.07, 6.45) is 1.59. The van der Waals surface area contributed by atoms with E-state index in [1.807, 2.05) is 30.3 Å². The standard InChI is InChI=1S/C20H12ClN3O2S2/c21-14-4-1-5-16-18(14)23-20(28-16)24(10-13-3-2-8-26-13)19(25)12-6-7-15-17(9-12)27-11-22-15/h1-9,11H,10H2. The summed E-state index contributed by atoms with van der Waals surface area (Å²) in [5, 5.41) is 1.14. The maximum Gasteiger partial charge on any atom is 0.260 e. The van der Waals surface area contributed by atoms with Crippen molar-refractivity contribution in [3.8, 4) is 0 Å². The van der Waals surface area contributed by atoms with Gasteiger partial charge in [0, 0.05) is 5.56 Å². The fourth-order valence-corrected chi connectivity index (χ4v) is 4.93. The van der Waals surface area contributed by atoms with E-state index in [0.717, 1.165) is 14.9 Å². The van der Waals surface area contributed by atoms with E-state index in [4.69, 9.17) is 16.0 Å². The Labute approximate surface area is 172 Å². The second-order valence-corrected chi connectivity index (χ2v) is 8.39. The molecule has 5 nitrogen and oxygen atoms in total. The van der Waals surface area contributed by atoms with Crippen LogP contribution in [0.25, 0.3) is 20.4 Å². The molecule has 0 aliphatic rings. The normalized spacial score (nSPS) is 11.3. The third kappa shape index (κ3) is 3.07. The van der Waals surface area contributed by atoms with Gasteiger partial charge in [0.1, 0.15) is 11.3 Å². The van der Waals surface area contributed by atoms with Crippen LogP contribution in [0.2, 0.25) is 5.02 Å². The van der Waals surface area contributed by atoms with E-state index in [0.29, 0.717) is 27.0 Å². The number of hydrogen-bond acceptors (Lipinski definition) is 6. The van der Waals surface area contributed by atoms with Crippen LogP contribution in [-0.2, 0) is 6.54 Å². The molecule has 0 bridgehead atoms. The zero-order valence-corrected chi connectivity index (χ0v) is 16.7. The first-order chi connectivity index (χ1) is 13.7. The molecule has 0 saturated heterocycles. The Morgan fingerprint density at radius 2 is 2.07 bits per heavy atom. The first kappa shape index (κ1) is 17.4. The van der Waals surface area contributed by atoms with Crippen molar-refractivity contribution in [1.29, 1.82) is 0 Å². The molecule has 138 valence electrons. The molecule has 3 heterocycles. The van der Waals surface area contributed by atoms with Crippen LogP contribution in [0.15, 0.2) is 64.7 Å². The molecule has 1 amide bonds. The van der Waals surface area contributed by atoms with E-state index in [1.165, 1.54) is 22.7 Å². The minimum Gasteiger partial charge on any atom is -0.467 e. The molecule has 0 atom stereocenters. The number of rotatable bonds is 4. The zero-order chi connectivity index (χ0) is 19.1. The molecule has 0 aliphatic carbocycles. The van der Waals surface area contributed by atoms with Crippen LogP contribution >= 0.6 is 34.3 Å². The third-order valence-corrected chi connectivity index (χ3v) is 6.45. The summed E-state index contributed by atoms with van der Waals surface area (Å²) < 4.78 is 7.37. The topological polar surface area (TPSA) is 59.2 Å². The van der Waals surface area contributed by atoms with Crippen LogP contribution in [0.3, 0.4) is 0 Å². The minimum absolute atomic E-state index is 0.151. The van der Waals surface area contributed by atoms with Gasteiger partial charge < -0.3 is 4.42 Å². The molecule has 0 N–H and O–H groups in total. The first-order valence-electron chi connectivity index (χ1n) is 8.41. The lowest BCUT2D eigenvalue weighted by Crippen LogP contribution is -2.30. The Hall–Kier alpha value is -2.74. The molecule has 2 aromatic carbocycles. The van der Waals surface area contributed by atoms with Gasteiger partial charge in [-0.2, -0.15) is 0 Å². The molecule has 3 aromatic heterocycles. The van der Waals surface area contributed by atoms with Crippen molar-refractivity contribution in [2.24, 2.45) is 0 Å². The van der Waals surface area contributed by atoms with Crippen LogP contribution in [0.5, 0.6) is 0 Å². The number of fused-ring (bicyclic) bond motifs is 2. The number of nitrogens with zero attached hydrogens (tertiary/aromatic N) is 3. The summed E-state index contributed by atoms with van der Waals surface area (Å²) in [6.45, 7) is 0.282. The molecule has 0 radical (unpaired) electrons. The average molecular weight is 426 g/mol. The second-order valence-electron chi connectivity index (χ2n) is 6.09. The Morgan fingerprint density at radius 1 is 1.14 bits per heavy atom. The number of carbonyl (C=O) groups is 1. The zero-order valence-electron chi connectivity index (χ0n) is 14.3. The van der Waals surface area contributed by atoms with Gasteiger partial charge in [0.2, 0.25) is 0 Å². The number of para-hydroxylation sites is 1. The third-order valence-electron chi connectivity index (χ3n) is 4.31. The smallest absolute Gasteiger partial charge is 0.260 e. The molecule has 0 aliphatic heterocycles. The molecule has 0 unspecified atom stereocenters. The maximum atomic E-state index is 13.4. The van der Waals surface area contributed by atoms with Gasteiger partial charge in [-0.25, -0.2) is 9.97 Å². The number of furan rings is 1. The van der Waals surface area contributed by atoms with E-state index >= 15 is 0 Å². The van der Waals surface area contributed by atoms with E-state index in [1.54, 1.807) is 34.9 Å². The van der Waals surface area contributed by atoms with Gasteiger partial charge in [-0.1, -0.05) is 29.0 Å². The summed E-state index contributed by atoms with van der Waals surface area (Å²) in [5.41, 5.74) is 3.92. The fraction of sp³-hybridized carbons (Fsp3) is 0.0500. The van der Waals surface area contributed by atoms with Crippen LogP contribution in [0, 0.1) is 0 Å². The van der Waals surface area contributed by atoms with Crippen molar-refractivity contribution in [3.05, 3.63) is 76.7 Å². The molecule has 5 aromatic rings. The van der Waals surface area contributed by atoms with Crippen LogP contribution < -0.4 is 4.90 Å². The van der Waals surface area contributed by atoms with E-state index in [2.05, 4.69) is 9.97 Å². The molecule has 8 heteroatoms. The van der Waals surface area contributed by atoms with Crippen molar-refractivity contribution in [2.75, 3.05) is 4.90 Å². The summed E-state index contributed by atoms with van der Waals surface area (Å²) in [5.74, 6) is 0.527. The highest BCUT2D eigenvalue weighted by atomic mass is 35.5. The summed E-state index contributed by atoms with van der Waals surface area (Å²) in [4.78, 5) is 23.9. The van der Waals surface area contributed by atoms with Crippen molar-refractivity contribution in [1.82, 2.24) is 9.97 Å². The van der Waals surface area contributed by atoms with Crippen LogP contribution in [0.1, 0.15) is 16.1 Å². The number of hydrogen-bond donors (Lipinski definition) is 0. The Kier molecular flexibility index (Phi) is 4.35. The first-order valence-corrected chi connectivity index (χ1v) is 10.5. The van der Waals surface area contributed by atoms with Crippen molar-refractivity contribution in [2.45, 2.75) is 6.54 Å². The number of halogens is 1. The predicted molar refractivity (Wildman–Crippen MR) is 113 cm³/mol. The number of thiazole rings is 2. The van der Waals surface area contributed by atoms with E-state index in [9.17, 15) is 4.79 Å². The number of aromatic nitrogens is 2. The van der Waals surface area contributed by atoms with Gasteiger partial charge >= 0.3 is 0 Å². The van der Waals surface area contributed by atoms with Crippen molar-refractivity contribution >= 4 is 65.7 Å². The Morgan fingerprint density at radius 3 is 2.89 bits per heavy atom. The highest BCUT2D eigenvalue weighted by molar-refractivity contribution is 7.22. The lowest BCUT2D eigenvalue weighted by molar-refractivity contribution is 0.0983. The molecule has 5 rings (SSSR count). The lowest BCUT2D eigenvalue weighted by atomic mass is 10.2. The number of anilines is 1. The van der Waals surface area contributed by atoms with Gasteiger partial charge in [-0.15, -0.1) is 11.3 Å². The van der Waals surface area contributed by atoms with E-state index < -0.39 is 0 Å². The Balaban J connectivity index is 1.60. The minimum atomic E-state index is -0.151. The van der Waals surface area contributed by atoms with Gasteiger partial charge in [0.25, 0.3) is 5.91 Å². The highest BCUT2D eigenvalue weighted by Crippen LogP contribution is 2.34. The largest absolute Gasteiger partial charge is 0.467 e. The van der Waals surface area contributed by atoms with Crippen molar-refractivity contribution < 1.29 is 9.21 Å². The van der Waals surface area contributed by atoms with Gasteiger partial charge in [-0.3, -0.25) is 9.69 Å². The summed E-state index contributed by atoms with van der Waals surface area (Å²) in [6, 6.07) is 14.8. The summed E-state index contributed by atoms with van der Waals surface area (Å²) >= 11 is 9.22. The molecular weight excluding hydrogens is 414 g/mol. The van der Waals surface area contributed by atoms with E-state index in [-0.39, 0.29) is 12.5 Å². The van der Waals surface area contributed by atoms with Crippen LogP contribution in [0.4, 0.5) is 5.13 Å². The Bertz CT molecular complexity index is 1290. The molecule has 0 fully saturated rings. The van der Waals surface area contributed by atoms with Gasteiger partial charge in [0.05, 0.1) is 38.3 Å². The summed E-state index contributed by atoms with van der Waals surface area (Å²) in [7, 11) is 0. The highest BCUT2D eigenvalue weighted by Gasteiger charge is 2.23. The quantitative estimate of drug-likeness (QED) is 0.354.